The number of hydrogen-bond donors (Lipinski definition) is 1. The Hall–Kier alpha value is -1.30. The Kier molecular flexibility index (Phi) is 3.83. The molecule has 0 bridgehead atoms. The molecule has 2 heterocycles. The minimum Gasteiger partial charge on any atom is -0.309 e. The van der Waals surface area contributed by atoms with E-state index in [1.807, 2.05) is 24.6 Å². The second-order valence-electron chi connectivity index (χ2n) is 4.44. The van der Waals surface area contributed by atoms with E-state index in [2.05, 4.69) is 32.3 Å². The maximum absolute atomic E-state index is 14.3. The van der Waals surface area contributed by atoms with Crippen LogP contribution in [0.25, 0.3) is 10.2 Å². The van der Waals surface area contributed by atoms with Gasteiger partial charge in [0, 0.05) is 11.8 Å². The molecule has 1 aromatic carbocycles. The molecule has 3 aromatic rings. The van der Waals surface area contributed by atoms with Crippen molar-refractivity contribution in [1.82, 2.24) is 10.3 Å². The molecule has 0 saturated heterocycles. The van der Waals surface area contributed by atoms with Crippen LogP contribution in [0.2, 0.25) is 0 Å². The zero-order valence-electron chi connectivity index (χ0n) is 10.7. The maximum Gasteiger partial charge on any atom is 0.142 e. The van der Waals surface area contributed by atoms with Crippen molar-refractivity contribution in [3.05, 3.63) is 63.3 Å². The highest BCUT2D eigenvalue weighted by atomic mass is 79.9. The van der Waals surface area contributed by atoms with Crippen LogP contribution in [-0.2, 0) is 0 Å². The molecular formula is C15H12BrFN2S. The molecule has 2 aromatic heterocycles. The quantitative estimate of drug-likeness (QED) is 0.751. The van der Waals surface area contributed by atoms with Gasteiger partial charge in [0.1, 0.15) is 5.82 Å². The van der Waals surface area contributed by atoms with E-state index in [0.717, 1.165) is 15.8 Å². The molecule has 0 fully saturated rings. The number of aromatic nitrogens is 1. The number of hydrogen-bond acceptors (Lipinski definition) is 3. The van der Waals surface area contributed by atoms with Gasteiger partial charge in [-0.25, -0.2) is 4.39 Å². The third kappa shape index (κ3) is 2.37. The number of thiophene rings is 1. The molecule has 3 rings (SSSR count). The zero-order chi connectivity index (χ0) is 14.1. The molecule has 0 spiro atoms. The van der Waals surface area contributed by atoms with E-state index >= 15 is 0 Å². The van der Waals surface area contributed by atoms with Crippen molar-refractivity contribution in [1.29, 1.82) is 0 Å². The number of nitrogens with one attached hydrogen (secondary N) is 1. The summed E-state index contributed by atoms with van der Waals surface area (Å²) in [5.41, 5.74) is 2.54. The van der Waals surface area contributed by atoms with Crippen LogP contribution in [-0.4, -0.2) is 12.0 Å². The summed E-state index contributed by atoms with van der Waals surface area (Å²) in [6.45, 7) is 0. The Labute approximate surface area is 128 Å². The van der Waals surface area contributed by atoms with E-state index in [1.165, 1.54) is 0 Å². The molecule has 0 aliphatic heterocycles. The van der Waals surface area contributed by atoms with Crippen LogP contribution in [0.3, 0.4) is 0 Å². The van der Waals surface area contributed by atoms with Gasteiger partial charge in [0.2, 0.25) is 0 Å². The van der Waals surface area contributed by atoms with E-state index in [9.17, 15) is 4.39 Å². The minimum atomic E-state index is -0.238. The lowest BCUT2D eigenvalue weighted by atomic mass is 10.00. The Bertz CT molecular complexity index is 756. The van der Waals surface area contributed by atoms with Crippen LogP contribution in [0.5, 0.6) is 0 Å². The van der Waals surface area contributed by atoms with Gasteiger partial charge in [-0.3, -0.25) is 4.98 Å². The van der Waals surface area contributed by atoms with Crippen LogP contribution in [0.15, 0.2) is 46.4 Å². The molecule has 0 radical (unpaired) electrons. The first kappa shape index (κ1) is 13.7. The van der Waals surface area contributed by atoms with Crippen molar-refractivity contribution < 1.29 is 4.39 Å². The average Bonchev–Trinajstić information content (AvgIpc) is 2.92. The van der Waals surface area contributed by atoms with Crippen LogP contribution >= 0.6 is 27.3 Å². The smallest absolute Gasteiger partial charge is 0.142 e. The summed E-state index contributed by atoms with van der Waals surface area (Å²) in [7, 11) is 1.82. The van der Waals surface area contributed by atoms with Gasteiger partial charge >= 0.3 is 0 Å². The molecule has 1 N–H and O–H groups in total. The van der Waals surface area contributed by atoms with Gasteiger partial charge in [-0.05, 0) is 52.1 Å². The molecule has 0 saturated carbocycles. The van der Waals surface area contributed by atoms with E-state index in [0.29, 0.717) is 10.0 Å². The van der Waals surface area contributed by atoms with Gasteiger partial charge in [-0.1, -0.05) is 12.1 Å². The summed E-state index contributed by atoms with van der Waals surface area (Å²) >= 11 is 4.87. The van der Waals surface area contributed by atoms with Crippen molar-refractivity contribution in [2.24, 2.45) is 0 Å². The van der Waals surface area contributed by atoms with Crippen LogP contribution in [0.1, 0.15) is 17.2 Å². The molecule has 5 heteroatoms. The molecule has 0 amide bonds. The number of halogens is 2. The zero-order valence-corrected chi connectivity index (χ0v) is 13.1. The van der Waals surface area contributed by atoms with Gasteiger partial charge < -0.3 is 5.32 Å². The molecule has 0 aliphatic carbocycles. The molecule has 20 heavy (non-hydrogen) atoms. The van der Waals surface area contributed by atoms with Crippen LogP contribution in [0.4, 0.5) is 4.39 Å². The topological polar surface area (TPSA) is 24.9 Å². The van der Waals surface area contributed by atoms with Crippen molar-refractivity contribution in [2.75, 3.05) is 7.05 Å². The number of fused-ring (bicyclic) bond motifs is 1. The Morgan fingerprint density at radius 3 is 3.00 bits per heavy atom. The lowest BCUT2D eigenvalue weighted by Crippen LogP contribution is -2.19. The van der Waals surface area contributed by atoms with Gasteiger partial charge in [0.15, 0.2) is 0 Å². The predicted molar refractivity (Wildman–Crippen MR) is 84.6 cm³/mol. The number of rotatable bonds is 3. The standard InChI is InChI=1S/C15H12BrFN2S/c1-18-15(10-3-2-4-11(16)14(10)17)9-7-13-12(19-8-9)5-6-20-13/h2-8,15,18H,1H3. The molecule has 0 aliphatic rings. The molecule has 1 unspecified atom stereocenters. The van der Waals surface area contributed by atoms with Gasteiger partial charge in [-0.15, -0.1) is 11.3 Å². The third-order valence-corrected chi connectivity index (χ3v) is 4.70. The lowest BCUT2D eigenvalue weighted by Gasteiger charge is -2.18. The van der Waals surface area contributed by atoms with E-state index in [4.69, 9.17) is 0 Å². The van der Waals surface area contributed by atoms with Gasteiger partial charge in [0.25, 0.3) is 0 Å². The first-order valence-electron chi connectivity index (χ1n) is 6.15. The van der Waals surface area contributed by atoms with Crippen LogP contribution < -0.4 is 5.32 Å². The number of pyridine rings is 1. The second-order valence-corrected chi connectivity index (χ2v) is 6.24. The molecular weight excluding hydrogens is 339 g/mol. The van der Waals surface area contributed by atoms with Gasteiger partial charge in [0.05, 0.1) is 20.7 Å². The third-order valence-electron chi connectivity index (χ3n) is 3.24. The molecule has 102 valence electrons. The Balaban J connectivity index is 2.10. The van der Waals surface area contributed by atoms with Crippen molar-refractivity contribution in [3.8, 4) is 0 Å². The van der Waals surface area contributed by atoms with Crippen LogP contribution in [0, 0.1) is 5.82 Å². The fourth-order valence-electron chi connectivity index (χ4n) is 2.26. The highest BCUT2D eigenvalue weighted by molar-refractivity contribution is 9.10. The molecule has 2 nitrogen and oxygen atoms in total. The summed E-state index contributed by atoms with van der Waals surface area (Å²) in [5, 5.41) is 5.17. The van der Waals surface area contributed by atoms with Crippen molar-refractivity contribution >= 4 is 37.5 Å². The summed E-state index contributed by atoms with van der Waals surface area (Å²) in [6.07, 6.45) is 1.80. The summed E-state index contributed by atoms with van der Waals surface area (Å²) in [6, 6.07) is 9.16. The summed E-state index contributed by atoms with van der Waals surface area (Å²) < 4.78 is 15.9. The monoisotopic (exact) mass is 350 g/mol. The maximum atomic E-state index is 14.3. The SMILES string of the molecule is CNC(c1cnc2ccsc2c1)c1cccc(Br)c1F. The lowest BCUT2D eigenvalue weighted by molar-refractivity contribution is 0.570. The van der Waals surface area contributed by atoms with E-state index in [1.54, 1.807) is 29.7 Å². The van der Waals surface area contributed by atoms with E-state index in [-0.39, 0.29) is 11.9 Å². The van der Waals surface area contributed by atoms with Crippen molar-refractivity contribution in [3.63, 3.8) is 0 Å². The highest BCUT2D eigenvalue weighted by Crippen LogP contribution is 2.30. The second kappa shape index (κ2) is 5.60. The molecule has 1 atom stereocenters. The largest absolute Gasteiger partial charge is 0.309 e. The van der Waals surface area contributed by atoms with E-state index < -0.39 is 0 Å². The Morgan fingerprint density at radius 1 is 1.35 bits per heavy atom. The van der Waals surface area contributed by atoms with Gasteiger partial charge in [-0.2, -0.15) is 0 Å². The van der Waals surface area contributed by atoms with Crippen molar-refractivity contribution in [2.45, 2.75) is 6.04 Å². The fourth-order valence-corrected chi connectivity index (χ4v) is 3.44. The number of benzene rings is 1. The highest BCUT2D eigenvalue weighted by Gasteiger charge is 2.18. The fraction of sp³-hybridized carbons (Fsp3) is 0.133. The first-order chi connectivity index (χ1) is 9.70. The Morgan fingerprint density at radius 2 is 2.20 bits per heavy atom. The first-order valence-corrected chi connectivity index (χ1v) is 7.82. The summed E-state index contributed by atoms with van der Waals surface area (Å²) in [4.78, 5) is 4.42. The number of nitrogens with zero attached hydrogens (tertiary/aromatic N) is 1. The minimum absolute atomic E-state index is 0.216. The summed E-state index contributed by atoms with van der Waals surface area (Å²) in [5.74, 6) is -0.238. The predicted octanol–water partition coefficient (Wildman–Crippen LogP) is 4.51. The normalized spacial score (nSPS) is 12.8. The average molecular weight is 351 g/mol.